The summed E-state index contributed by atoms with van der Waals surface area (Å²) in [6.45, 7) is -0.107. The van der Waals surface area contributed by atoms with Gasteiger partial charge in [0.1, 0.15) is 18.8 Å². The molecule has 0 radical (unpaired) electrons. The van der Waals surface area contributed by atoms with Crippen molar-refractivity contribution in [3.8, 4) is 23.8 Å². The Morgan fingerprint density at radius 1 is 1.35 bits per heavy atom. The van der Waals surface area contributed by atoms with E-state index in [-0.39, 0.29) is 36.8 Å². The van der Waals surface area contributed by atoms with Gasteiger partial charge in [0.2, 0.25) is 0 Å². The molecule has 1 aromatic rings. The predicted octanol–water partition coefficient (Wildman–Crippen LogP) is 0.272. The van der Waals surface area contributed by atoms with Gasteiger partial charge in [-0.1, -0.05) is 5.92 Å². The lowest BCUT2D eigenvalue weighted by molar-refractivity contribution is -0.385. The van der Waals surface area contributed by atoms with Crippen molar-refractivity contribution in [3.05, 3.63) is 27.8 Å². The van der Waals surface area contributed by atoms with E-state index in [0.717, 1.165) is 12.1 Å². The van der Waals surface area contributed by atoms with Crippen molar-refractivity contribution in [2.45, 2.75) is 0 Å². The third-order valence-electron chi connectivity index (χ3n) is 2.80. The number of nitrogens with zero attached hydrogens (tertiary/aromatic N) is 1. The van der Waals surface area contributed by atoms with E-state index in [1.807, 2.05) is 0 Å². The molecule has 1 heterocycles. The Kier molecular flexibility index (Phi) is 4.99. The minimum absolute atomic E-state index is 0.0133. The molecule has 1 N–H and O–H groups in total. The van der Waals surface area contributed by atoms with Crippen molar-refractivity contribution < 1.29 is 28.7 Å². The normalized spacial score (nSPS) is 12.0. The number of ether oxygens (including phenoxy) is 3. The third-order valence-corrected chi connectivity index (χ3v) is 2.80. The molecular weight excluding hydrogens is 308 g/mol. The van der Waals surface area contributed by atoms with Crippen molar-refractivity contribution in [1.82, 2.24) is 5.32 Å². The molecule has 0 bridgehead atoms. The number of nitro groups is 1. The first-order valence-corrected chi connectivity index (χ1v) is 6.48. The van der Waals surface area contributed by atoms with Crippen LogP contribution in [0.5, 0.6) is 11.5 Å². The summed E-state index contributed by atoms with van der Waals surface area (Å²) in [5.41, 5.74) is -0.827. The standard InChI is InChI=1S/C14H12N2O7/c1-2-3-15-13(17)8-23-14(18)9-6-11-12(22-5-4-21-11)7-10(9)16(19)20/h1,6-7H,3-5,8H2,(H,15,17). The highest BCUT2D eigenvalue weighted by molar-refractivity contribution is 5.96. The van der Waals surface area contributed by atoms with Crippen LogP contribution in [-0.4, -0.2) is 43.2 Å². The largest absolute Gasteiger partial charge is 0.486 e. The molecule has 9 heteroatoms. The number of hydrogen-bond donors (Lipinski definition) is 1. The lowest BCUT2D eigenvalue weighted by atomic mass is 10.1. The van der Waals surface area contributed by atoms with Crippen LogP contribution in [-0.2, 0) is 9.53 Å². The molecule has 1 aliphatic heterocycles. The highest BCUT2D eigenvalue weighted by atomic mass is 16.6. The average Bonchev–Trinajstić information content (AvgIpc) is 2.56. The summed E-state index contributed by atoms with van der Waals surface area (Å²) in [6.07, 6.45) is 4.97. The van der Waals surface area contributed by atoms with E-state index in [0.29, 0.717) is 0 Å². The van der Waals surface area contributed by atoms with Crippen LogP contribution in [0.4, 0.5) is 5.69 Å². The third kappa shape index (κ3) is 3.88. The van der Waals surface area contributed by atoms with Gasteiger partial charge < -0.3 is 19.5 Å². The second-order valence-corrected chi connectivity index (χ2v) is 4.33. The first-order valence-electron chi connectivity index (χ1n) is 6.48. The molecule has 9 nitrogen and oxygen atoms in total. The van der Waals surface area contributed by atoms with Gasteiger partial charge in [0.05, 0.1) is 17.5 Å². The predicted molar refractivity (Wildman–Crippen MR) is 76.2 cm³/mol. The molecule has 0 aromatic heterocycles. The van der Waals surface area contributed by atoms with Gasteiger partial charge in [0, 0.05) is 6.07 Å². The summed E-state index contributed by atoms with van der Waals surface area (Å²) in [5.74, 6) is 0.918. The van der Waals surface area contributed by atoms with E-state index < -0.39 is 29.1 Å². The number of hydrogen-bond acceptors (Lipinski definition) is 7. The lowest BCUT2D eigenvalue weighted by Crippen LogP contribution is -2.29. The van der Waals surface area contributed by atoms with Crippen LogP contribution >= 0.6 is 0 Å². The topological polar surface area (TPSA) is 117 Å². The van der Waals surface area contributed by atoms with Crippen LogP contribution in [0.25, 0.3) is 0 Å². The minimum atomic E-state index is -1.02. The smallest absolute Gasteiger partial charge is 0.345 e. The maximum Gasteiger partial charge on any atom is 0.345 e. The monoisotopic (exact) mass is 320 g/mol. The fourth-order valence-corrected chi connectivity index (χ4v) is 1.80. The number of nitro benzene ring substituents is 1. The van der Waals surface area contributed by atoms with E-state index in [4.69, 9.17) is 20.6 Å². The Hall–Kier alpha value is -3.28. The van der Waals surface area contributed by atoms with E-state index in [9.17, 15) is 19.7 Å². The van der Waals surface area contributed by atoms with Gasteiger partial charge in [0.25, 0.3) is 11.6 Å². The summed E-state index contributed by atoms with van der Waals surface area (Å²) >= 11 is 0. The van der Waals surface area contributed by atoms with E-state index in [1.54, 1.807) is 0 Å². The number of rotatable bonds is 5. The zero-order valence-electron chi connectivity index (χ0n) is 11.9. The molecule has 1 amide bonds. The zero-order chi connectivity index (χ0) is 16.8. The van der Waals surface area contributed by atoms with Gasteiger partial charge in [0.15, 0.2) is 18.1 Å². The molecule has 0 atom stereocenters. The Balaban J connectivity index is 2.17. The lowest BCUT2D eigenvalue weighted by Gasteiger charge is -2.18. The number of benzene rings is 1. The SMILES string of the molecule is C#CCNC(=O)COC(=O)c1cc2c(cc1[N+](=O)[O-])OCCO2. The molecule has 2 rings (SSSR count). The second-order valence-electron chi connectivity index (χ2n) is 4.33. The average molecular weight is 320 g/mol. The van der Waals surface area contributed by atoms with Gasteiger partial charge in [-0.25, -0.2) is 4.79 Å². The van der Waals surface area contributed by atoms with Crippen LogP contribution in [0.3, 0.4) is 0 Å². The Morgan fingerprint density at radius 2 is 2.00 bits per heavy atom. The number of nitrogens with one attached hydrogen (secondary N) is 1. The van der Waals surface area contributed by atoms with Gasteiger partial charge >= 0.3 is 5.97 Å². The second kappa shape index (κ2) is 7.13. The van der Waals surface area contributed by atoms with E-state index in [2.05, 4.69) is 11.2 Å². The Morgan fingerprint density at radius 3 is 2.61 bits per heavy atom. The van der Waals surface area contributed by atoms with Crippen molar-refractivity contribution in [3.63, 3.8) is 0 Å². The van der Waals surface area contributed by atoms with Crippen molar-refractivity contribution in [1.29, 1.82) is 0 Å². The molecule has 1 aliphatic rings. The number of fused-ring (bicyclic) bond motifs is 1. The quantitative estimate of drug-likeness (QED) is 0.358. The Labute approximate surface area is 130 Å². The van der Waals surface area contributed by atoms with Crippen LogP contribution in [0.1, 0.15) is 10.4 Å². The molecule has 0 saturated carbocycles. The summed E-state index contributed by atoms with van der Waals surface area (Å²) in [6, 6.07) is 2.25. The van der Waals surface area contributed by atoms with Crippen molar-refractivity contribution in [2.75, 3.05) is 26.4 Å². The summed E-state index contributed by atoms with van der Waals surface area (Å²) in [5, 5.41) is 13.4. The minimum Gasteiger partial charge on any atom is -0.486 e. The van der Waals surface area contributed by atoms with Crippen LogP contribution in [0.15, 0.2) is 12.1 Å². The molecule has 1 aromatic carbocycles. The van der Waals surface area contributed by atoms with Crippen molar-refractivity contribution in [2.24, 2.45) is 0 Å². The van der Waals surface area contributed by atoms with Gasteiger partial charge in [-0.05, 0) is 0 Å². The van der Waals surface area contributed by atoms with Crippen LogP contribution in [0.2, 0.25) is 0 Å². The molecule has 0 unspecified atom stereocenters. The van der Waals surface area contributed by atoms with Crippen LogP contribution in [0, 0.1) is 22.5 Å². The summed E-state index contributed by atoms with van der Waals surface area (Å²) < 4.78 is 15.2. The number of amides is 1. The molecule has 0 aliphatic carbocycles. The molecule has 0 spiro atoms. The molecule has 120 valence electrons. The fourth-order valence-electron chi connectivity index (χ4n) is 1.80. The van der Waals surface area contributed by atoms with E-state index >= 15 is 0 Å². The number of terminal acetylenes is 1. The zero-order valence-corrected chi connectivity index (χ0v) is 11.9. The maximum absolute atomic E-state index is 12.0. The molecule has 0 saturated heterocycles. The van der Waals surface area contributed by atoms with Gasteiger partial charge in [-0.3, -0.25) is 14.9 Å². The first-order chi connectivity index (χ1) is 11.0. The molecular formula is C14H12N2O7. The highest BCUT2D eigenvalue weighted by Gasteiger charge is 2.27. The molecule has 0 fully saturated rings. The summed E-state index contributed by atoms with van der Waals surface area (Å²) in [4.78, 5) is 33.7. The number of carbonyl (C=O) groups is 2. The molecule has 23 heavy (non-hydrogen) atoms. The highest BCUT2D eigenvalue weighted by Crippen LogP contribution is 2.36. The van der Waals surface area contributed by atoms with Gasteiger partial charge in [-0.2, -0.15) is 0 Å². The fraction of sp³-hybridized carbons (Fsp3) is 0.286. The number of carbonyl (C=O) groups excluding carboxylic acids is 2. The van der Waals surface area contributed by atoms with Crippen molar-refractivity contribution >= 4 is 17.6 Å². The first kappa shape index (κ1) is 16.1. The maximum atomic E-state index is 12.0. The van der Waals surface area contributed by atoms with E-state index in [1.165, 1.54) is 0 Å². The van der Waals surface area contributed by atoms with Crippen LogP contribution < -0.4 is 14.8 Å². The van der Waals surface area contributed by atoms with Gasteiger partial charge in [-0.15, -0.1) is 6.42 Å². The number of esters is 1. The summed E-state index contributed by atoms with van der Waals surface area (Å²) in [7, 11) is 0. The Bertz CT molecular complexity index is 693.